The zero-order chi connectivity index (χ0) is 16.4. The number of nitrogens with zero attached hydrogens (tertiary/aromatic N) is 5. The van der Waals surface area contributed by atoms with E-state index in [1.807, 2.05) is 18.2 Å². The molecule has 4 rings (SSSR count). The Morgan fingerprint density at radius 1 is 1.21 bits per heavy atom. The van der Waals surface area contributed by atoms with Crippen molar-refractivity contribution in [2.24, 2.45) is 0 Å². The van der Waals surface area contributed by atoms with E-state index in [9.17, 15) is 4.79 Å². The Morgan fingerprint density at radius 3 is 2.71 bits per heavy atom. The van der Waals surface area contributed by atoms with Gasteiger partial charge in [-0.2, -0.15) is 5.10 Å². The maximum atomic E-state index is 12.6. The van der Waals surface area contributed by atoms with Crippen molar-refractivity contribution in [2.45, 2.75) is 25.3 Å². The van der Waals surface area contributed by atoms with E-state index in [4.69, 9.17) is 0 Å². The van der Waals surface area contributed by atoms with Crippen molar-refractivity contribution in [2.75, 3.05) is 5.32 Å². The summed E-state index contributed by atoms with van der Waals surface area (Å²) >= 11 is 0. The van der Waals surface area contributed by atoms with Crippen molar-refractivity contribution in [1.82, 2.24) is 24.7 Å². The molecule has 2 heterocycles. The first kappa shape index (κ1) is 14.5. The number of anilines is 1. The van der Waals surface area contributed by atoms with E-state index in [-0.39, 0.29) is 5.91 Å². The Bertz CT molecular complexity index is 840. The molecule has 0 atom stereocenters. The van der Waals surface area contributed by atoms with Crippen LogP contribution in [0.5, 0.6) is 0 Å². The van der Waals surface area contributed by atoms with Crippen molar-refractivity contribution in [3.8, 4) is 0 Å². The number of hydrogen-bond acceptors (Lipinski definition) is 5. The van der Waals surface area contributed by atoms with E-state index in [1.54, 1.807) is 29.5 Å². The van der Waals surface area contributed by atoms with E-state index in [0.29, 0.717) is 23.7 Å². The van der Waals surface area contributed by atoms with E-state index in [1.165, 1.54) is 6.33 Å². The van der Waals surface area contributed by atoms with Crippen molar-refractivity contribution < 1.29 is 4.79 Å². The summed E-state index contributed by atoms with van der Waals surface area (Å²) in [6.07, 6.45) is 8.74. The summed E-state index contributed by atoms with van der Waals surface area (Å²) in [6, 6.07) is 7.44. The normalized spacial score (nSPS) is 13.7. The van der Waals surface area contributed by atoms with Crippen LogP contribution in [0, 0.1) is 0 Å². The number of nitrogens with one attached hydrogen (secondary N) is 1. The van der Waals surface area contributed by atoms with Gasteiger partial charge in [0.1, 0.15) is 18.5 Å². The second kappa shape index (κ2) is 6.19. The predicted octanol–water partition coefficient (Wildman–Crippen LogP) is 2.25. The third kappa shape index (κ3) is 3.15. The quantitative estimate of drug-likeness (QED) is 0.779. The summed E-state index contributed by atoms with van der Waals surface area (Å²) in [6.45, 7) is 0.487. The molecule has 7 heteroatoms. The van der Waals surface area contributed by atoms with Crippen molar-refractivity contribution >= 4 is 11.6 Å². The fraction of sp³-hybridized carbons (Fsp3) is 0.235. The smallest absolute Gasteiger partial charge is 0.256 e. The second-order valence-electron chi connectivity index (χ2n) is 5.81. The number of benzene rings is 1. The van der Waals surface area contributed by atoms with Crippen LogP contribution >= 0.6 is 0 Å². The molecule has 0 saturated heterocycles. The van der Waals surface area contributed by atoms with Gasteiger partial charge in [0.05, 0.1) is 24.6 Å². The first-order valence-electron chi connectivity index (χ1n) is 7.83. The molecule has 1 fully saturated rings. The molecule has 1 aliphatic carbocycles. The van der Waals surface area contributed by atoms with Gasteiger partial charge in [0.15, 0.2) is 0 Å². The van der Waals surface area contributed by atoms with Crippen LogP contribution in [-0.4, -0.2) is 30.6 Å². The zero-order valence-electron chi connectivity index (χ0n) is 13.0. The molecule has 0 unspecified atom stereocenters. The Morgan fingerprint density at radius 2 is 2.00 bits per heavy atom. The van der Waals surface area contributed by atoms with E-state index in [0.717, 1.165) is 24.2 Å². The van der Waals surface area contributed by atoms with Crippen LogP contribution in [0.2, 0.25) is 0 Å². The lowest BCUT2D eigenvalue weighted by Crippen LogP contribution is -2.16. The molecule has 120 valence electrons. The number of hydrogen-bond donors (Lipinski definition) is 1. The first-order chi connectivity index (χ1) is 11.8. The summed E-state index contributed by atoms with van der Waals surface area (Å²) in [5, 5.41) is 6.94. The molecule has 1 N–H and O–H groups in total. The summed E-state index contributed by atoms with van der Waals surface area (Å²) < 4.78 is 1.68. The minimum Gasteiger partial charge on any atom is -0.319 e. The molecule has 1 aliphatic rings. The molecule has 0 spiro atoms. The molecular weight excluding hydrogens is 304 g/mol. The number of carbonyl (C=O) groups is 1. The van der Waals surface area contributed by atoms with E-state index >= 15 is 0 Å². The van der Waals surface area contributed by atoms with Crippen LogP contribution < -0.4 is 5.32 Å². The van der Waals surface area contributed by atoms with Crippen LogP contribution in [0.4, 0.5) is 5.69 Å². The fourth-order valence-electron chi connectivity index (χ4n) is 2.52. The third-order valence-electron chi connectivity index (χ3n) is 3.93. The van der Waals surface area contributed by atoms with Gasteiger partial charge >= 0.3 is 0 Å². The first-order valence-corrected chi connectivity index (χ1v) is 7.83. The van der Waals surface area contributed by atoms with Crippen molar-refractivity contribution in [1.29, 1.82) is 0 Å². The van der Waals surface area contributed by atoms with Gasteiger partial charge in [-0.25, -0.2) is 19.6 Å². The highest BCUT2D eigenvalue weighted by Gasteiger charge is 2.26. The van der Waals surface area contributed by atoms with Gasteiger partial charge in [0, 0.05) is 11.5 Å². The number of aromatic nitrogens is 5. The summed E-state index contributed by atoms with van der Waals surface area (Å²) in [5.41, 5.74) is 2.07. The highest BCUT2D eigenvalue weighted by atomic mass is 16.1. The molecule has 3 aromatic rings. The summed E-state index contributed by atoms with van der Waals surface area (Å²) in [7, 11) is 0. The number of carbonyl (C=O) groups excluding carboxylic acids is 1. The molecule has 24 heavy (non-hydrogen) atoms. The highest BCUT2D eigenvalue weighted by Crippen LogP contribution is 2.37. The fourth-order valence-corrected chi connectivity index (χ4v) is 2.52. The lowest BCUT2D eigenvalue weighted by molar-refractivity contribution is 0.102. The minimum atomic E-state index is -0.187. The average Bonchev–Trinajstić information content (AvgIpc) is 3.33. The number of rotatable bonds is 5. The largest absolute Gasteiger partial charge is 0.319 e. The van der Waals surface area contributed by atoms with Crippen LogP contribution in [0.1, 0.15) is 40.5 Å². The molecule has 7 nitrogen and oxygen atoms in total. The topological polar surface area (TPSA) is 85.6 Å². The molecule has 0 aliphatic heterocycles. The summed E-state index contributed by atoms with van der Waals surface area (Å²) in [5.74, 6) is 1.17. The zero-order valence-corrected chi connectivity index (χ0v) is 13.0. The maximum Gasteiger partial charge on any atom is 0.256 e. The maximum absolute atomic E-state index is 12.6. The van der Waals surface area contributed by atoms with Gasteiger partial charge in [-0.1, -0.05) is 18.2 Å². The van der Waals surface area contributed by atoms with E-state index in [2.05, 4.69) is 25.4 Å². The molecule has 1 saturated carbocycles. The average molecular weight is 320 g/mol. The predicted molar refractivity (Wildman–Crippen MR) is 87.5 cm³/mol. The van der Waals surface area contributed by atoms with Crippen molar-refractivity contribution in [3.63, 3.8) is 0 Å². The minimum absolute atomic E-state index is 0.187. The van der Waals surface area contributed by atoms with Crippen LogP contribution in [0.15, 0.2) is 49.3 Å². The molecule has 1 amide bonds. The number of amides is 1. The molecule has 1 aromatic carbocycles. The Balaban J connectivity index is 1.51. The van der Waals surface area contributed by atoms with Gasteiger partial charge in [-0.15, -0.1) is 0 Å². The molecular formula is C17H16N6O. The van der Waals surface area contributed by atoms with Gasteiger partial charge in [0.2, 0.25) is 0 Å². The van der Waals surface area contributed by atoms with Gasteiger partial charge < -0.3 is 5.32 Å². The van der Waals surface area contributed by atoms with Crippen molar-refractivity contribution in [3.05, 3.63) is 66.3 Å². The third-order valence-corrected chi connectivity index (χ3v) is 3.93. The monoisotopic (exact) mass is 320 g/mol. The molecule has 0 radical (unpaired) electrons. The van der Waals surface area contributed by atoms with Crippen LogP contribution in [-0.2, 0) is 6.54 Å². The van der Waals surface area contributed by atoms with Crippen LogP contribution in [0.3, 0.4) is 0 Å². The molecule has 2 aromatic heterocycles. The van der Waals surface area contributed by atoms with E-state index < -0.39 is 0 Å². The van der Waals surface area contributed by atoms with Gasteiger partial charge in [-0.3, -0.25) is 4.79 Å². The second-order valence-corrected chi connectivity index (χ2v) is 5.81. The Hall–Kier alpha value is -3.09. The summed E-state index contributed by atoms with van der Waals surface area (Å²) in [4.78, 5) is 25.2. The lowest BCUT2D eigenvalue weighted by Gasteiger charge is -2.10. The standard InChI is InChI=1S/C17H16N6O/c24-17(22-14-7-19-16(20-8-14)12-5-6-12)15-4-2-1-3-13(15)9-23-11-18-10-21-23/h1-4,7-8,10-12H,5-6,9H2,(H,22,24). The van der Waals surface area contributed by atoms with Crippen LogP contribution in [0.25, 0.3) is 0 Å². The van der Waals surface area contributed by atoms with Gasteiger partial charge in [0.25, 0.3) is 5.91 Å². The molecule has 0 bridgehead atoms. The van der Waals surface area contributed by atoms with Gasteiger partial charge in [-0.05, 0) is 24.5 Å². The SMILES string of the molecule is O=C(Nc1cnc(C2CC2)nc1)c1ccccc1Cn1cncn1. The lowest BCUT2D eigenvalue weighted by atomic mass is 10.1. The Kier molecular flexibility index (Phi) is 3.74. The highest BCUT2D eigenvalue weighted by molar-refractivity contribution is 6.05. The Labute approximate surface area is 138 Å².